The number of methoxy groups -OCH3 is 2. The Morgan fingerprint density at radius 1 is 0.613 bits per heavy atom. The van der Waals surface area contributed by atoms with Crippen LogP contribution in [0.3, 0.4) is 0 Å². The molecule has 418 valence electrons. The molecule has 11 N–H and O–H groups in total. The van der Waals surface area contributed by atoms with Gasteiger partial charge in [0.15, 0.2) is 12.6 Å². The van der Waals surface area contributed by atoms with Crippen LogP contribution in [-0.4, -0.2) is 225 Å². The minimum Gasteiger partial charge on any atom is -0.471 e. The van der Waals surface area contributed by atoms with E-state index < -0.39 is 179 Å². The van der Waals surface area contributed by atoms with Gasteiger partial charge in [0, 0.05) is 29.7 Å². The first kappa shape index (κ1) is 59.1. The van der Waals surface area contributed by atoms with Gasteiger partial charge in [-0.3, -0.25) is 9.59 Å². The zero-order valence-electron chi connectivity index (χ0n) is 40.8. The van der Waals surface area contributed by atoms with Crippen LogP contribution in [0.1, 0.15) is 25.3 Å². The lowest BCUT2D eigenvalue weighted by Gasteiger charge is -2.43. The summed E-state index contributed by atoms with van der Waals surface area (Å²) in [6.07, 6.45) is -23.6. The Morgan fingerprint density at radius 2 is 1.13 bits per heavy atom. The van der Waals surface area contributed by atoms with Crippen LogP contribution >= 0.6 is 0 Å². The third kappa shape index (κ3) is 13.7. The van der Waals surface area contributed by atoms with E-state index in [1.54, 1.807) is 19.1 Å². The molecule has 5 aliphatic rings. The maximum atomic E-state index is 13.4. The summed E-state index contributed by atoms with van der Waals surface area (Å²) in [6.45, 7) is 3.04. The maximum absolute atomic E-state index is 13.4. The van der Waals surface area contributed by atoms with E-state index in [1.165, 1.54) is 24.3 Å². The zero-order chi connectivity index (χ0) is 54.8. The summed E-state index contributed by atoms with van der Waals surface area (Å²) in [7, 11) is 2.21. The number of allylic oxidation sites excluding steroid dienone is 1. The van der Waals surface area contributed by atoms with Gasteiger partial charge in [-0.2, -0.15) is 0 Å². The van der Waals surface area contributed by atoms with E-state index >= 15 is 0 Å². The lowest BCUT2D eigenvalue weighted by atomic mass is 9.81. The highest BCUT2D eigenvalue weighted by Crippen LogP contribution is 2.39. The van der Waals surface area contributed by atoms with Gasteiger partial charge < -0.3 is 113 Å². The molecule has 75 heavy (non-hydrogen) atoms. The Morgan fingerprint density at radius 3 is 1.69 bits per heavy atom. The molecule has 6 rings (SSSR count). The van der Waals surface area contributed by atoms with Gasteiger partial charge in [-0.25, -0.2) is 9.59 Å². The summed E-state index contributed by atoms with van der Waals surface area (Å²) in [5.41, 5.74) is 0.661. The quantitative estimate of drug-likeness (QED) is 0.0334. The highest BCUT2D eigenvalue weighted by molar-refractivity contribution is 5.91. The van der Waals surface area contributed by atoms with Crippen molar-refractivity contribution in [2.24, 2.45) is 17.8 Å². The van der Waals surface area contributed by atoms with Crippen molar-refractivity contribution in [3.05, 3.63) is 77.8 Å². The number of aliphatic hydroxyl groups is 11. The molecule has 0 aliphatic carbocycles. The third-order valence-corrected chi connectivity index (χ3v) is 13.2. The van der Waals surface area contributed by atoms with Crippen molar-refractivity contribution in [1.29, 1.82) is 0 Å². The standard InChI is InChI=1S/C48H64O27/c1-5-22-24(26(42(62)64-3)17-68-44(22)74-47-40(60)36(56)33(53)28(15-49)71-47)13-31(51)66-12-11-20-7-9-21(10-8-20)70-46-39(59)38(58)35(55)30(73-46)19-67-32(52)14-25-23(6-2)45(69-18-27(25)43(63)65-4)75-48-41(61)37(57)34(54)29(16-50)72-48/h5-10,17-18,23-25,28-30,33-41,44-50,53-61H,2,11-16,19H2,1,3-4H3/b22-5-/t23-,24+,25+,28-,29-,30-,33-,34-,35-,36+,37+,38+,39-,40-,41-,44+,45+,46-,47+,48+/m1/s1. The Bertz CT molecular complexity index is 2200. The fourth-order valence-electron chi connectivity index (χ4n) is 8.86. The Kier molecular flexibility index (Phi) is 21.1. The van der Waals surface area contributed by atoms with Crippen molar-refractivity contribution in [2.75, 3.05) is 40.6 Å². The summed E-state index contributed by atoms with van der Waals surface area (Å²) in [4.78, 5) is 52.1. The van der Waals surface area contributed by atoms with Crippen LogP contribution in [0.15, 0.2) is 72.2 Å². The minimum absolute atomic E-state index is 0.0601. The van der Waals surface area contributed by atoms with E-state index in [4.69, 9.17) is 56.8 Å². The predicted molar refractivity (Wildman–Crippen MR) is 243 cm³/mol. The van der Waals surface area contributed by atoms with E-state index in [0.717, 1.165) is 26.7 Å². The first-order valence-corrected chi connectivity index (χ1v) is 23.7. The summed E-state index contributed by atoms with van der Waals surface area (Å²) in [6, 6.07) is 6.16. The van der Waals surface area contributed by atoms with Crippen molar-refractivity contribution in [3.8, 4) is 5.75 Å². The van der Waals surface area contributed by atoms with Crippen LogP contribution in [0, 0.1) is 17.8 Å². The van der Waals surface area contributed by atoms with Gasteiger partial charge in [-0.15, -0.1) is 6.58 Å². The maximum Gasteiger partial charge on any atom is 0.337 e. The first-order chi connectivity index (χ1) is 35.8. The van der Waals surface area contributed by atoms with Crippen molar-refractivity contribution in [3.63, 3.8) is 0 Å². The Hall–Kier alpha value is -5.18. The normalized spacial score (nSPS) is 37.4. The monoisotopic (exact) mass is 1070 g/mol. The Labute approximate surface area is 428 Å². The van der Waals surface area contributed by atoms with Gasteiger partial charge in [0.05, 0.1) is 70.6 Å². The number of hydrogen-bond acceptors (Lipinski definition) is 27. The molecule has 1 aromatic carbocycles. The second-order valence-electron chi connectivity index (χ2n) is 17.9. The molecule has 27 nitrogen and oxygen atoms in total. The van der Waals surface area contributed by atoms with E-state index in [9.17, 15) is 75.3 Å². The summed E-state index contributed by atoms with van der Waals surface area (Å²) in [5, 5.41) is 113. The number of esters is 4. The van der Waals surface area contributed by atoms with E-state index in [1.807, 2.05) is 0 Å². The second kappa shape index (κ2) is 26.7. The number of carbonyl (C=O) groups is 4. The third-order valence-electron chi connectivity index (χ3n) is 13.2. The van der Waals surface area contributed by atoms with Crippen molar-refractivity contribution < 1.29 is 132 Å². The van der Waals surface area contributed by atoms with Crippen LogP contribution in [0.5, 0.6) is 5.75 Å². The van der Waals surface area contributed by atoms with Crippen LogP contribution in [-0.2, 0) is 77.7 Å². The Balaban J connectivity index is 1.01. The van der Waals surface area contributed by atoms with E-state index in [-0.39, 0.29) is 35.5 Å². The second-order valence-corrected chi connectivity index (χ2v) is 17.9. The number of aliphatic hydroxyl groups excluding tert-OH is 11. The van der Waals surface area contributed by atoms with Crippen molar-refractivity contribution in [1.82, 2.24) is 0 Å². The molecule has 0 saturated carbocycles. The number of benzene rings is 1. The largest absolute Gasteiger partial charge is 0.471 e. The molecule has 0 bridgehead atoms. The molecule has 0 aromatic heterocycles. The molecule has 0 radical (unpaired) electrons. The van der Waals surface area contributed by atoms with Gasteiger partial charge >= 0.3 is 23.9 Å². The lowest BCUT2D eigenvalue weighted by Crippen LogP contribution is -2.60. The first-order valence-electron chi connectivity index (χ1n) is 23.7. The zero-order valence-corrected chi connectivity index (χ0v) is 40.8. The molecule has 1 aromatic rings. The van der Waals surface area contributed by atoms with Crippen molar-refractivity contribution >= 4 is 23.9 Å². The fraction of sp³-hybridized carbons (Fsp3) is 0.625. The average Bonchev–Trinajstić information content (AvgIpc) is 3.41. The molecular weight excluding hydrogens is 1010 g/mol. The molecular formula is C48H64O27. The van der Waals surface area contributed by atoms with E-state index in [0.29, 0.717) is 5.56 Å². The molecule has 0 amide bonds. The smallest absolute Gasteiger partial charge is 0.337 e. The highest BCUT2D eigenvalue weighted by Gasteiger charge is 2.50. The van der Waals surface area contributed by atoms with Gasteiger partial charge in [0.25, 0.3) is 0 Å². The molecule has 5 heterocycles. The number of carbonyl (C=O) groups excluding carboxylic acids is 4. The molecule has 27 heteroatoms. The van der Waals surface area contributed by atoms with E-state index in [2.05, 4.69) is 6.58 Å². The summed E-state index contributed by atoms with van der Waals surface area (Å²) in [5.74, 6) is -6.48. The van der Waals surface area contributed by atoms with Crippen molar-refractivity contribution in [2.45, 2.75) is 131 Å². The predicted octanol–water partition coefficient (Wildman–Crippen LogP) is -4.28. The molecule has 3 fully saturated rings. The molecule has 20 atom stereocenters. The number of hydrogen-bond donors (Lipinski definition) is 11. The van der Waals surface area contributed by atoms with Gasteiger partial charge in [-0.1, -0.05) is 24.3 Å². The topological polar surface area (TPSA) is 402 Å². The molecule has 3 saturated heterocycles. The van der Waals surface area contributed by atoms with Gasteiger partial charge in [-0.05, 0) is 24.6 Å². The SMILES string of the molecule is C=C[C@H]1[C@H](O[C@@H]2O[C@H](CO)[C@@H](O)[C@H](O)[C@H]2O)OC=C(C(=O)OC)[C@H]1CC(=O)OC[C@H]1O[C@@H](Oc2ccc(CCOC(=O)C[C@@H]3C(C(=O)OC)=CO[C@@H](O[C@@H]4O[C@H](CO)[C@@H](O)[C@H](O)[C@H]4O)/C3=C\C)cc2)[C@H](O)[C@@H](O)[C@@H]1O. The van der Waals surface area contributed by atoms with Crippen LogP contribution in [0.2, 0.25) is 0 Å². The lowest BCUT2D eigenvalue weighted by molar-refractivity contribution is -0.339. The van der Waals surface area contributed by atoms with Gasteiger partial charge in [0.1, 0.15) is 85.6 Å². The fourth-order valence-corrected chi connectivity index (χ4v) is 8.86. The minimum atomic E-state index is -1.85. The van der Waals surface area contributed by atoms with Crippen LogP contribution in [0.25, 0.3) is 0 Å². The number of ether oxygens (including phenoxy) is 12. The molecule has 0 spiro atoms. The average molecular weight is 1070 g/mol. The van der Waals surface area contributed by atoms with Crippen LogP contribution < -0.4 is 4.74 Å². The van der Waals surface area contributed by atoms with Crippen LogP contribution in [0.4, 0.5) is 0 Å². The molecule has 0 unspecified atom stereocenters. The highest BCUT2D eigenvalue weighted by atomic mass is 16.8. The van der Waals surface area contributed by atoms with Gasteiger partial charge in [0.2, 0.25) is 18.9 Å². The molecule has 5 aliphatic heterocycles. The number of rotatable bonds is 20. The summed E-state index contributed by atoms with van der Waals surface area (Å²) < 4.78 is 65.7. The summed E-state index contributed by atoms with van der Waals surface area (Å²) >= 11 is 0.